The van der Waals surface area contributed by atoms with E-state index >= 15 is 0 Å². The third-order valence-electron chi connectivity index (χ3n) is 4.70. The van der Waals surface area contributed by atoms with E-state index in [-0.39, 0.29) is 5.91 Å². The van der Waals surface area contributed by atoms with Gasteiger partial charge in [0.25, 0.3) is 0 Å². The molecule has 140 valence electrons. The van der Waals surface area contributed by atoms with Crippen LogP contribution >= 0.6 is 22.9 Å². The van der Waals surface area contributed by atoms with Crippen molar-refractivity contribution >= 4 is 39.9 Å². The first kappa shape index (κ1) is 18.1. The maximum absolute atomic E-state index is 12.6. The number of hydrogen-bond acceptors (Lipinski definition) is 4. The van der Waals surface area contributed by atoms with Crippen LogP contribution in [0.2, 0.25) is 5.15 Å². The van der Waals surface area contributed by atoms with Gasteiger partial charge in [0.1, 0.15) is 5.75 Å². The number of benzene rings is 1. The molecule has 1 saturated heterocycles. The highest BCUT2D eigenvalue weighted by atomic mass is 35.5. The molecule has 1 aliphatic rings. The Balaban J connectivity index is 1.37. The molecule has 2 aromatic heterocycles. The fraction of sp³-hybridized carbons (Fsp3) is 0.300. The Bertz CT molecular complexity index is 951. The minimum absolute atomic E-state index is 0.000609. The number of piperidine rings is 1. The van der Waals surface area contributed by atoms with Crippen LogP contribution in [0.5, 0.6) is 5.75 Å². The zero-order chi connectivity index (χ0) is 18.6. The molecule has 7 heteroatoms. The maximum atomic E-state index is 12.6. The second kappa shape index (κ2) is 8.15. The van der Waals surface area contributed by atoms with Gasteiger partial charge in [0.15, 0.2) is 10.1 Å². The van der Waals surface area contributed by atoms with Crippen molar-refractivity contribution in [2.45, 2.75) is 12.8 Å². The van der Waals surface area contributed by atoms with Crippen LogP contribution in [0.25, 0.3) is 11.0 Å². The normalized spacial score (nSPS) is 17.7. The summed E-state index contributed by atoms with van der Waals surface area (Å²) in [5, 5.41) is 2.36. The van der Waals surface area contributed by atoms with Gasteiger partial charge < -0.3 is 9.64 Å². The summed E-state index contributed by atoms with van der Waals surface area (Å²) in [5.74, 6) is 1.22. The molecule has 0 saturated carbocycles. The summed E-state index contributed by atoms with van der Waals surface area (Å²) >= 11 is 7.70. The first-order valence-corrected chi connectivity index (χ1v) is 10.2. The fourth-order valence-electron chi connectivity index (χ4n) is 3.31. The van der Waals surface area contributed by atoms with E-state index in [4.69, 9.17) is 16.3 Å². The van der Waals surface area contributed by atoms with Crippen LogP contribution in [-0.2, 0) is 4.79 Å². The number of imidazole rings is 1. The predicted octanol–water partition coefficient (Wildman–Crippen LogP) is 4.38. The Kier molecular flexibility index (Phi) is 5.45. The minimum Gasteiger partial charge on any atom is -0.493 e. The smallest absolute Gasteiger partial charge is 0.246 e. The molecule has 3 aromatic rings. The molecule has 5 nitrogen and oxygen atoms in total. The van der Waals surface area contributed by atoms with Gasteiger partial charge in [-0.1, -0.05) is 29.8 Å². The number of para-hydroxylation sites is 1. The van der Waals surface area contributed by atoms with Crippen molar-refractivity contribution in [2.75, 3.05) is 19.7 Å². The van der Waals surface area contributed by atoms with Gasteiger partial charge in [0.2, 0.25) is 5.91 Å². The van der Waals surface area contributed by atoms with Crippen molar-refractivity contribution in [3.05, 3.63) is 58.8 Å². The zero-order valence-corrected chi connectivity index (χ0v) is 16.3. The highest BCUT2D eigenvalue weighted by molar-refractivity contribution is 7.15. The van der Waals surface area contributed by atoms with Crippen LogP contribution in [-0.4, -0.2) is 39.9 Å². The molecule has 0 spiro atoms. The number of halogens is 1. The van der Waals surface area contributed by atoms with E-state index in [9.17, 15) is 4.79 Å². The lowest BCUT2D eigenvalue weighted by Crippen LogP contribution is -2.40. The van der Waals surface area contributed by atoms with Crippen LogP contribution in [0.3, 0.4) is 0 Å². The minimum atomic E-state index is 0.000609. The number of fused-ring (bicyclic) bond motifs is 1. The van der Waals surface area contributed by atoms with Crippen molar-refractivity contribution in [2.24, 2.45) is 5.92 Å². The number of carbonyl (C=O) groups is 1. The summed E-state index contributed by atoms with van der Waals surface area (Å²) in [7, 11) is 0. The molecule has 1 unspecified atom stereocenters. The SMILES string of the molecule is O=C(C=Cc1c(Cl)nc2sccn12)N1CCCC(COc2ccccc2)C1. The number of rotatable bonds is 5. The quantitative estimate of drug-likeness (QED) is 0.596. The lowest BCUT2D eigenvalue weighted by atomic mass is 9.99. The second-order valence-corrected chi connectivity index (χ2v) is 7.82. The average Bonchev–Trinajstić information content (AvgIpc) is 3.26. The summed E-state index contributed by atoms with van der Waals surface area (Å²) < 4.78 is 7.76. The van der Waals surface area contributed by atoms with Gasteiger partial charge in [0, 0.05) is 36.7 Å². The fourth-order valence-corrected chi connectivity index (χ4v) is 4.32. The predicted molar refractivity (Wildman–Crippen MR) is 108 cm³/mol. The Morgan fingerprint density at radius 3 is 3.07 bits per heavy atom. The largest absolute Gasteiger partial charge is 0.493 e. The van der Waals surface area contributed by atoms with E-state index < -0.39 is 0 Å². The summed E-state index contributed by atoms with van der Waals surface area (Å²) in [6.07, 6.45) is 7.31. The molecule has 0 bridgehead atoms. The second-order valence-electron chi connectivity index (χ2n) is 6.59. The summed E-state index contributed by atoms with van der Waals surface area (Å²) in [4.78, 5) is 19.6. The van der Waals surface area contributed by atoms with Crippen molar-refractivity contribution in [1.29, 1.82) is 0 Å². The third-order valence-corrected chi connectivity index (χ3v) is 5.73. The molecular weight excluding hydrogens is 382 g/mol. The van der Waals surface area contributed by atoms with Gasteiger partial charge in [-0.2, -0.15) is 0 Å². The molecule has 27 heavy (non-hydrogen) atoms. The number of likely N-dealkylation sites (tertiary alicyclic amines) is 1. The van der Waals surface area contributed by atoms with Crippen LogP contribution in [0.15, 0.2) is 48.0 Å². The Labute approximate surface area is 166 Å². The summed E-state index contributed by atoms with van der Waals surface area (Å²) in [5.41, 5.74) is 0.738. The monoisotopic (exact) mass is 401 g/mol. The maximum Gasteiger partial charge on any atom is 0.246 e. The first-order valence-electron chi connectivity index (χ1n) is 8.96. The number of ether oxygens (including phenoxy) is 1. The zero-order valence-electron chi connectivity index (χ0n) is 14.8. The van der Waals surface area contributed by atoms with Crippen molar-refractivity contribution < 1.29 is 9.53 Å². The summed E-state index contributed by atoms with van der Waals surface area (Å²) in [6.45, 7) is 2.12. The standard InChI is InChI=1S/C20H20ClN3O2S/c21-19-17(24-11-12-27-20(24)22-19)8-9-18(25)23-10-4-5-15(13-23)14-26-16-6-2-1-3-7-16/h1-3,6-9,11-12,15H,4-5,10,13-14H2. The van der Waals surface area contributed by atoms with E-state index in [2.05, 4.69) is 4.98 Å². The van der Waals surface area contributed by atoms with Gasteiger partial charge >= 0.3 is 0 Å². The number of thiazole rings is 1. The first-order chi connectivity index (χ1) is 13.2. The van der Waals surface area contributed by atoms with Crippen molar-refractivity contribution in [3.8, 4) is 5.75 Å². The Morgan fingerprint density at radius 2 is 2.22 bits per heavy atom. The molecule has 1 aromatic carbocycles. The topological polar surface area (TPSA) is 46.8 Å². The number of aromatic nitrogens is 2. The van der Waals surface area contributed by atoms with Crippen LogP contribution in [0, 0.1) is 5.92 Å². The third kappa shape index (κ3) is 4.17. The van der Waals surface area contributed by atoms with E-state index in [1.807, 2.05) is 51.2 Å². The van der Waals surface area contributed by atoms with Gasteiger partial charge in [-0.25, -0.2) is 4.98 Å². The average molecular weight is 402 g/mol. The highest BCUT2D eigenvalue weighted by Gasteiger charge is 2.23. The van der Waals surface area contributed by atoms with Crippen LogP contribution in [0.4, 0.5) is 0 Å². The van der Waals surface area contributed by atoms with Gasteiger partial charge in [-0.15, -0.1) is 11.3 Å². The molecule has 1 atom stereocenters. The molecule has 4 rings (SSSR count). The van der Waals surface area contributed by atoms with E-state index in [1.165, 1.54) is 11.3 Å². The van der Waals surface area contributed by atoms with Gasteiger partial charge in [0.05, 0.1) is 12.3 Å². The Morgan fingerprint density at radius 1 is 1.37 bits per heavy atom. The highest BCUT2D eigenvalue weighted by Crippen LogP contribution is 2.23. The molecule has 1 fully saturated rings. The van der Waals surface area contributed by atoms with Gasteiger partial charge in [-0.05, 0) is 31.1 Å². The summed E-state index contributed by atoms with van der Waals surface area (Å²) in [6, 6.07) is 9.80. The van der Waals surface area contributed by atoms with Crippen molar-refractivity contribution in [1.82, 2.24) is 14.3 Å². The van der Waals surface area contributed by atoms with Gasteiger partial charge in [-0.3, -0.25) is 9.20 Å². The van der Waals surface area contributed by atoms with E-state index in [1.54, 1.807) is 12.2 Å². The lowest BCUT2D eigenvalue weighted by Gasteiger charge is -2.32. The van der Waals surface area contributed by atoms with Crippen LogP contribution in [0.1, 0.15) is 18.5 Å². The van der Waals surface area contributed by atoms with Crippen LogP contribution < -0.4 is 4.74 Å². The Hall–Kier alpha value is -2.31. The molecule has 0 radical (unpaired) electrons. The molecule has 1 aliphatic heterocycles. The number of hydrogen-bond donors (Lipinski definition) is 0. The molecule has 0 N–H and O–H groups in total. The van der Waals surface area contributed by atoms with Crippen molar-refractivity contribution in [3.63, 3.8) is 0 Å². The number of nitrogens with zero attached hydrogens (tertiary/aromatic N) is 3. The number of amides is 1. The van der Waals surface area contributed by atoms with E-state index in [0.29, 0.717) is 24.2 Å². The molecule has 0 aliphatic carbocycles. The lowest BCUT2D eigenvalue weighted by molar-refractivity contribution is -0.127. The molecule has 3 heterocycles. The number of carbonyl (C=O) groups excluding carboxylic acids is 1. The van der Waals surface area contributed by atoms with E-state index in [0.717, 1.165) is 35.8 Å². The molecule has 1 amide bonds. The molecular formula is C20H20ClN3O2S.